The number of furan rings is 1. The minimum absolute atomic E-state index is 0.0525. The third-order valence-electron chi connectivity index (χ3n) is 4.87. The average Bonchev–Trinajstić information content (AvgIpc) is 2.93. The zero-order chi connectivity index (χ0) is 15.4. The minimum atomic E-state index is -0.478. The highest BCUT2D eigenvalue weighted by Gasteiger charge is 2.38. The summed E-state index contributed by atoms with van der Waals surface area (Å²) in [6.45, 7) is 1.84. The number of fused-ring (bicyclic) bond motifs is 5. The molecule has 2 aromatic rings. The van der Waals surface area contributed by atoms with Gasteiger partial charge < -0.3 is 9.52 Å². The van der Waals surface area contributed by atoms with E-state index in [4.69, 9.17) is 4.42 Å². The first kappa shape index (κ1) is 13.5. The smallest absolute Gasteiger partial charge is 0.237 e. The number of carbonyl (C=O) groups excluding carboxylic acids is 2. The molecule has 0 saturated heterocycles. The second-order valence-electron chi connectivity index (χ2n) is 6.11. The van der Waals surface area contributed by atoms with Crippen LogP contribution in [0.3, 0.4) is 0 Å². The molecule has 0 saturated carbocycles. The molecule has 0 aliphatic heterocycles. The Hall–Kier alpha value is -2.20. The Morgan fingerprint density at radius 3 is 2.77 bits per heavy atom. The molecule has 1 aromatic carbocycles. The molecule has 0 amide bonds. The van der Waals surface area contributed by atoms with Gasteiger partial charge in [-0.05, 0) is 42.9 Å². The number of carbonyl (C=O) groups is 2. The molecule has 4 heteroatoms. The van der Waals surface area contributed by atoms with E-state index in [1.54, 1.807) is 6.92 Å². The molecule has 1 heterocycles. The predicted octanol–water partition coefficient (Wildman–Crippen LogP) is 3.05. The van der Waals surface area contributed by atoms with Gasteiger partial charge in [-0.2, -0.15) is 0 Å². The Morgan fingerprint density at radius 1 is 1.23 bits per heavy atom. The summed E-state index contributed by atoms with van der Waals surface area (Å²) in [5.74, 6) is -0.363. The minimum Gasteiger partial charge on any atom is -0.463 e. The molecule has 1 unspecified atom stereocenters. The number of aliphatic hydroxyl groups excluding tert-OH is 1. The standard InChI is InChI=1S/C18H16O4/c1-9-8-22-18-13-6-5-11-10(7-19)3-2-4-12(11)15(13)17(21)16(20)14(9)18/h5-6,8,10,19H,2-4,7H2,1H3. The molecule has 0 bridgehead atoms. The first-order valence-corrected chi connectivity index (χ1v) is 7.57. The van der Waals surface area contributed by atoms with Crippen molar-refractivity contribution in [1.82, 2.24) is 0 Å². The molecule has 0 radical (unpaired) electrons. The molecular formula is C18H16O4. The van der Waals surface area contributed by atoms with E-state index in [1.807, 2.05) is 12.1 Å². The van der Waals surface area contributed by atoms with E-state index in [9.17, 15) is 14.7 Å². The van der Waals surface area contributed by atoms with Crippen LogP contribution in [0.25, 0.3) is 11.3 Å². The van der Waals surface area contributed by atoms with E-state index >= 15 is 0 Å². The van der Waals surface area contributed by atoms with Gasteiger partial charge in [0.2, 0.25) is 11.6 Å². The Kier molecular flexibility index (Phi) is 2.84. The zero-order valence-corrected chi connectivity index (χ0v) is 12.3. The summed E-state index contributed by atoms with van der Waals surface area (Å²) in [7, 11) is 0. The summed E-state index contributed by atoms with van der Waals surface area (Å²) in [5, 5.41) is 9.55. The van der Waals surface area contributed by atoms with E-state index in [1.165, 1.54) is 6.26 Å². The predicted molar refractivity (Wildman–Crippen MR) is 80.3 cm³/mol. The van der Waals surface area contributed by atoms with Crippen LogP contribution in [0.1, 0.15) is 56.2 Å². The van der Waals surface area contributed by atoms with Gasteiger partial charge in [0.15, 0.2) is 0 Å². The van der Waals surface area contributed by atoms with Gasteiger partial charge in [-0.1, -0.05) is 12.1 Å². The van der Waals surface area contributed by atoms with E-state index in [-0.39, 0.29) is 12.5 Å². The molecule has 2 aliphatic rings. The van der Waals surface area contributed by atoms with Crippen molar-refractivity contribution < 1.29 is 19.1 Å². The van der Waals surface area contributed by atoms with Crippen LogP contribution in [0, 0.1) is 6.92 Å². The van der Waals surface area contributed by atoms with Crippen LogP contribution in [0.5, 0.6) is 0 Å². The molecule has 1 atom stereocenters. The maximum absolute atomic E-state index is 12.6. The van der Waals surface area contributed by atoms with Crippen molar-refractivity contribution in [2.75, 3.05) is 6.61 Å². The van der Waals surface area contributed by atoms with Gasteiger partial charge in [-0.3, -0.25) is 9.59 Å². The topological polar surface area (TPSA) is 67.5 Å². The van der Waals surface area contributed by atoms with Crippen molar-refractivity contribution in [3.8, 4) is 11.3 Å². The average molecular weight is 296 g/mol. The molecule has 0 spiro atoms. The molecule has 112 valence electrons. The van der Waals surface area contributed by atoms with Crippen molar-refractivity contribution >= 4 is 11.6 Å². The van der Waals surface area contributed by atoms with Crippen LogP contribution >= 0.6 is 0 Å². The van der Waals surface area contributed by atoms with Crippen LogP contribution in [-0.2, 0) is 6.42 Å². The fourth-order valence-corrected chi connectivity index (χ4v) is 3.79. The summed E-state index contributed by atoms with van der Waals surface area (Å²) in [4.78, 5) is 25.1. The maximum atomic E-state index is 12.6. The number of Topliss-reactive ketones (excluding diaryl/α,β-unsaturated/α-hetero) is 2. The number of aryl methyl sites for hydroxylation is 1. The van der Waals surface area contributed by atoms with Crippen LogP contribution in [0.15, 0.2) is 22.8 Å². The van der Waals surface area contributed by atoms with Crippen molar-refractivity contribution in [3.63, 3.8) is 0 Å². The van der Waals surface area contributed by atoms with Gasteiger partial charge in [0.05, 0.1) is 11.8 Å². The second kappa shape index (κ2) is 4.65. The van der Waals surface area contributed by atoms with E-state index in [0.29, 0.717) is 28.0 Å². The third kappa shape index (κ3) is 1.61. The fraction of sp³-hybridized carbons (Fsp3) is 0.333. The summed E-state index contributed by atoms with van der Waals surface area (Å²) < 4.78 is 5.55. The first-order chi connectivity index (χ1) is 10.6. The lowest BCUT2D eigenvalue weighted by molar-refractivity contribution is 0.0813. The maximum Gasteiger partial charge on any atom is 0.237 e. The molecule has 4 nitrogen and oxygen atoms in total. The van der Waals surface area contributed by atoms with Crippen molar-refractivity contribution in [2.24, 2.45) is 0 Å². The molecular weight excluding hydrogens is 280 g/mol. The second-order valence-corrected chi connectivity index (χ2v) is 6.11. The van der Waals surface area contributed by atoms with Gasteiger partial charge in [0.1, 0.15) is 5.76 Å². The van der Waals surface area contributed by atoms with Crippen LogP contribution < -0.4 is 0 Å². The van der Waals surface area contributed by atoms with Crippen molar-refractivity contribution in [1.29, 1.82) is 0 Å². The lowest BCUT2D eigenvalue weighted by Gasteiger charge is -2.28. The Bertz CT molecular complexity index is 813. The third-order valence-corrected chi connectivity index (χ3v) is 4.87. The van der Waals surface area contributed by atoms with Gasteiger partial charge in [0, 0.05) is 23.7 Å². The number of hydrogen-bond acceptors (Lipinski definition) is 4. The summed E-state index contributed by atoms with van der Waals surface area (Å²) in [6, 6.07) is 3.83. The number of hydrogen-bond donors (Lipinski definition) is 1. The Balaban J connectivity index is 2.02. The quantitative estimate of drug-likeness (QED) is 0.821. The van der Waals surface area contributed by atoms with Gasteiger partial charge in [-0.15, -0.1) is 0 Å². The molecule has 0 fully saturated rings. The Morgan fingerprint density at radius 2 is 2.00 bits per heavy atom. The van der Waals surface area contributed by atoms with Crippen LogP contribution in [0.4, 0.5) is 0 Å². The largest absolute Gasteiger partial charge is 0.463 e. The van der Waals surface area contributed by atoms with E-state index < -0.39 is 11.6 Å². The van der Waals surface area contributed by atoms with Crippen molar-refractivity contribution in [3.05, 3.63) is 46.2 Å². The number of aliphatic hydroxyl groups is 1. The molecule has 2 aliphatic carbocycles. The summed E-state index contributed by atoms with van der Waals surface area (Å²) >= 11 is 0. The fourth-order valence-electron chi connectivity index (χ4n) is 3.79. The number of ketones is 2. The highest BCUT2D eigenvalue weighted by atomic mass is 16.3. The zero-order valence-electron chi connectivity index (χ0n) is 12.3. The summed E-state index contributed by atoms with van der Waals surface area (Å²) in [6.07, 6.45) is 4.12. The van der Waals surface area contributed by atoms with E-state index in [0.717, 1.165) is 30.4 Å². The van der Waals surface area contributed by atoms with Gasteiger partial charge >= 0.3 is 0 Å². The first-order valence-electron chi connectivity index (χ1n) is 7.57. The number of rotatable bonds is 1. The number of benzene rings is 1. The molecule has 1 aromatic heterocycles. The lowest BCUT2D eigenvalue weighted by atomic mass is 9.75. The van der Waals surface area contributed by atoms with E-state index in [2.05, 4.69) is 0 Å². The van der Waals surface area contributed by atoms with Gasteiger partial charge in [0.25, 0.3) is 0 Å². The van der Waals surface area contributed by atoms with Crippen LogP contribution in [0.2, 0.25) is 0 Å². The monoisotopic (exact) mass is 296 g/mol. The van der Waals surface area contributed by atoms with Crippen molar-refractivity contribution in [2.45, 2.75) is 32.1 Å². The molecule has 1 N–H and O–H groups in total. The highest BCUT2D eigenvalue weighted by molar-refractivity contribution is 6.53. The highest BCUT2D eigenvalue weighted by Crippen LogP contribution is 2.42. The van der Waals surface area contributed by atoms with Crippen LogP contribution in [-0.4, -0.2) is 23.3 Å². The molecule has 4 rings (SSSR count). The Labute approximate surface area is 127 Å². The normalized spacial score (nSPS) is 19.6. The molecule has 22 heavy (non-hydrogen) atoms. The SMILES string of the molecule is Cc1coc2c1C(=O)C(=O)c1c-2ccc2c1CCCC2CO. The van der Waals surface area contributed by atoms with Gasteiger partial charge in [-0.25, -0.2) is 0 Å². The summed E-state index contributed by atoms with van der Waals surface area (Å²) in [5.41, 5.74) is 4.21. The lowest BCUT2D eigenvalue weighted by Crippen LogP contribution is -2.25.